The smallest absolute Gasteiger partial charge is 0.347 e. The first kappa shape index (κ1) is 14.4. The van der Waals surface area contributed by atoms with Gasteiger partial charge in [-0.3, -0.25) is 0 Å². The lowest BCUT2D eigenvalue weighted by Crippen LogP contribution is -2.34. The van der Waals surface area contributed by atoms with Crippen molar-refractivity contribution in [2.24, 2.45) is 0 Å². The van der Waals surface area contributed by atoms with Gasteiger partial charge in [0.2, 0.25) is 0 Å². The lowest BCUT2D eigenvalue weighted by Gasteiger charge is -2.04. The molecule has 2 heterocycles. The van der Waals surface area contributed by atoms with E-state index in [2.05, 4.69) is 20.6 Å². The summed E-state index contributed by atoms with van der Waals surface area (Å²) in [4.78, 5) is 30.8. The molecule has 0 bridgehead atoms. The first-order valence-corrected chi connectivity index (χ1v) is 7.35. The van der Waals surface area contributed by atoms with Crippen molar-refractivity contribution >= 4 is 34.7 Å². The molecular weight excluding hydrogens is 300 g/mol. The highest BCUT2D eigenvalue weighted by molar-refractivity contribution is 7.13. The molecule has 2 amide bonds. The molecule has 0 saturated heterocycles. The summed E-state index contributed by atoms with van der Waals surface area (Å²) in [5.74, 6) is -1.00. The normalized spacial score (nSPS) is 10.2. The van der Waals surface area contributed by atoms with Gasteiger partial charge in [0.25, 0.3) is 0 Å². The third-order valence-electron chi connectivity index (χ3n) is 2.32. The van der Waals surface area contributed by atoms with E-state index in [4.69, 9.17) is 5.11 Å². The summed E-state index contributed by atoms with van der Waals surface area (Å²) in [6, 6.07) is -0.343. The Morgan fingerprint density at radius 1 is 1.30 bits per heavy atom. The molecule has 2 rings (SSSR count). The first-order valence-electron chi connectivity index (χ1n) is 5.66. The van der Waals surface area contributed by atoms with E-state index in [1.54, 1.807) is 13.1 Å². The van der Waals surface area contributed by atoms with Crippen LogP contribution in [0.2, 0.25) is 0 Å². The Hall–Kier alpha value is -2.00. The number of thiazole rings is 2. The zero-order valence-corrected chi connectivity index (χ0v) is 12.2. The summed E-state index contributed by atoms with van der Waals surface area (Å²) in [6.45, 7) is 2.19. The third-order valence-corrected chi connectivity index (χ3v) is 4.24. The fraction of sp³-hybridized carbons (Fsp3) is 0.273. The summed E-state index contributed by atoms with van der Waals surface area (Å²) in [5.41, 5.74) is 0.461. The van der Waals surface area contributed by atoms with Gasteiger partial charge < -0.3 is 15.7 Å². The van der Waals surface area contributed by atoms with Gasteiger partial charge in [0.15, 0.2) is 0 Å². The molecule has 0 aliphatic rings. The maximum absolute atomic E-state index is 11.6. The Morgan fingerprint density at radius 3 is 2.55 bits per heavy atom. The number of aryl methyl sites for hydroxylation is 1. The van der Waals surface area contributed by atoms with E-state index in [1.165, 1.54) is 11.3 Å². The van der Waals surface area contributed by atoms with Gasteiger partial charge in [0.05, 0.1) is 18.8 Å². The van der Waals surface area contributed by atoms with Gasteiger partial charge in [-0.05, 0) is 6.92 Å². The second-order valence-corrected chi connectivity index (χ2v) is 5.85. The Balaban J connectivity index is 1.81. The maximum Gasteiger partial charge on any atom is 0.347 e. The molecule has 0 saturated carbocycles. The lowest BCUT2D eigenvalue weighted by molar-refractivity contribution is 0.0701. The average Bonchev–Trinajstić information content (AvgIpc) is 3.03. The number of aromatic carboxylic acids is 1. The first-order chi connectivity index (χ1) is 9.56. The number of aromatic nitrogens is 2. The third kappa shape index (κ3) is 3.75. The van der Waals surface area contributed by atoms with Gasteiger partial charge in [-0.1, -0.05) is 0 Å². The molecule has 7 nitrogen and oxygen atoms in total. The highest BCUT2D eigenvalue weighted by atomic mass is 32.1. The van der Waals surface area contributed by atoms with Crippen molar-refractivity contribution < 1.29 is 14.7 Å². The van der Waals surface area contributed by atoms with Crippen LogP contribution < -0.4 is 10.6 Å². The van der Waals surface area contributed by atoms with Crippen LogP contribution in [-0.4, -0.2) is 27.1 Å². The Kier molecular flexibility index (Phi) is 4.64. The zero-order valence-electron chi connectivity index (χ0n) is 10.5. The van der Waals surface area contributed by atoms with E-state index in [9.17, 15) is 9.59 Å². The van der Waals surface area contributed by atoms with E-state index >= 15 is 0 Å². The fourth-order valence-corrected chi connectivity index (χ4v) is 2.84. The van der Waals surface area contributed by atoms with Crippen molar-refractivity contribution in [1.29, 1.82) is 0 Å². The van der Waals surface area contributed by atoms with Gasteiger partial charge in [0.1, 0.15) is 14.9 Å². The Bertz CT molecular complexity index is 609. The van der Waals surface area contributed by atoms with E-state index in [1.807, 2.05) is 5.38 Å². The number of carboxylic acids is 1. The topological polar surface area (TPSA) is 104 Å². The highest BCUT2D eigenvalue weighted by Crippen LogP contribution is 2.17. The number of amides is 2. The van der Waals surface area contributed by atoms with Crippen LogP contribution in [0.4, 0.5) is 4.79 Å². The van der Waals surface area contributed by atoms with Crippen LogP contribution in [0.3, 0.4) is 0 Å². The van der Waals surface area contributed by atoms with E-state index < -0.39 is 5.97 Å². The minimum atomic E-state index is -1.00. The van der Waals surface area contributed by atoms with E-state index in [-0.39, 0.29) is 17.5 Å². The van der Waals surface area contributed by atoms with E-state index in [0.717, 1.165) is 16.3 Å². The fourth-order valence-electron chi connectivity index (χ4n) is 1.44. The van der Waals surface area contributed by atoms with Gasteiger partial charge in [-0.25, -0.2) is 19.6 Å². The molecule has 0 spiro atoms. The molecule has 0 aromatic carbocycles. The number of rotatable bonds is 5. The minimum absolute atomic E-state index is 0.197. The zero-order chi connectivity index (χ0) is 14.5. The quantitative estimate of drug-likeness (QED) is 0.778. The number of hydrogen-bond donors (Lipinski definition) is 3. The van der Waals surface area contributed by atoms with Crippen LogP contribution in [0, 0.1) is 6.92 Å². The van der Waals surface area contributed by atoms with Crippen LogP contribution in [0.15, 0.2) is 11.6 Å². The Morgan fingerprint density at radius 2 is 2.00 bits per heavy atom. The Labute approximate surface area is 122 Å². The SMILES string of the molecule is Cc1nc(CNC(=O)NCc2nccs2)sc1C(=O)O. The van der Waals surface area contributed by atoms with E-state index in [0.29, 0.717) is 17.2 Å². The number of carbonyl (C=O) groups excluding carboxylic acids is 1. The molecule has 20 heavy (non-hydrogen) atoms. The van der Waals surface area contributed by atoms with Crippen LogP contribution in [-0.2, 0) is 13.1 Å². The number of carbonyl (C=O) groups is 2. The summed E-state index contributed by atoms with van der Waals surface area (Å²) in [5, 5.41) is 17.4. The number of hydrogen-bond acceptors (Lipinski definition) is 6. The molecule has 0 atom stereocenters. The molecule has 0 radical (unpaired) electrons. The molecular formula is C11H12N4O3S2. The molecule has 0 unspecified atom stereocenters. The maximum atomic E-state index is 11.6. The molecule has 2 aromatic heterocycles. The van der Waals surface area contributed by atoms with Gasteiger partial charge in [0, 0.05) is 11.6 Å². The second-order valence-electron chi connectivity index (χ2n) is 3.79. The van der Waals surface area contributed by atoms with Crippen molar-refractivity contribution in [3.8, 4) is 0 Å². The summed E-state index contributed by atoms with van der Waals surface area (Å²) >= 11 is 2.52. The highest BCUT2D eigenvalue weighted by Gasteiger charge is 2.14. The molecule has 0 aliphatic carbocycles. The van der Waals surface area contributed by atoms with Crippen LogP contribution >= 0.6 is 22.7 Å². The van der Waals surface area contributed by atoms with Crippen LogP contribution in [0.25, 0.3) is 0 Å². The van der Waals surface area contributed by atoms with Crippen LogP contribution in [0.5, 0.6) is 0 Å². The van der Waals surface area contributed by atoms with Gasteiger partial charge >= 0.3 is 12.0 Å². The molecule has 3 N–H and O–H groups in total. The molecule has 0 fully saturated rings. The van der Waals surface area contributed by atoms with Gasteiger partial charge in [-0.15, -0.1) is 22.7 Å². The standard InChI is InChI=1S/C11H12N4O3S2/c1-6-9(10(16)17)20-8(15-6)5-14-11(18)13-4-7-12-2-3-19-7/h2-3H,4-5H2,1H3,(H,16,17)(H2,13,14,18). The summed E-state index contributed by atoms with van der Waals surface area (Å²) < 4.78 is 0. The minimum Gasteiger partial charge on any atom is -0.477 e. The number of nitrogens with zero attached hydrogens (tertiary/aromatic N) is 2. The second kappa shape index (κ2) is 6.44. The van der Waals surface area contributed by atoms with Crippen molar-refractivity contribution in [2.75, 3.05) is 0 Å². The largest absolute Gasteiger partial charge is 0.477 e. The lowest BCUT2D eigenvalue weighted by atomic mass is 10.4. The van der Waals surface area contributed by atoms with Crippen molar-refractivity contribution in [1.82, 2.24) is 20.6 Å². The summed E-state index contributed by atoms with van der Waals surface area (Å²) in [7, 11) is 0. The van der Waals surface area contributed by atoms with Crippen LogP contribution in [0.1, 0.15) is 25.4 Å². The number of nitrogens with one attached hydrogen (secondary N) is 2. The number of carboxylic acid groups (broad SMARTS) is 1. The van der Waals surface area contributed by atoms with Crippen molar-refractivity contribution in [3.63, 3.8) is 0 Å². The predicted molar refractivity (Wildman–Crippen MR) is 75.0 cm³/mol. The van der Waals surface area contributed by atoms with Crippen molar-refractivity contribution in [2.45, 2.75) is 20.0 Å². The van der Waals surface area contributed by atoms with Gasteiger partial charge in [-0.2, -0.15) is 0 Å². The number of urea groups is 1. The molecule has 0 aliphatic heterocycles. The van der Waals surface area contributed by atoms with Crippen molar-refractivity contribution in [3.05, 3.63) is 32.2 Å². The molecule has 2 aromatic rings. The molecule has 106 valence electrons. The average molecular weight is 312 g/mol. The predicted octanol–water partition coefficient (Wildman–Crippen LogP) is 1.61. The molecule has 9 heteroatoms. The summed E-state index contributed by atoms with van der Waals surface area (Å²) in [6.07, 6.45) is 1.67. The monoisotopic (exact) mass is 312 g/mol.